The predicted molar refractivity (Wildman–Crippen MR) is 53.7 cm³/mol. The maximum Gasteiger partial charge on any atom is 0.416 e. The molecule has 0 aliphatic rings. The molecule has 0 saturated carbocycles. The van der Waals surface area contributed by atoms with Crippen LogP contribution in [-0.4, -0.2) is 5.78 Å². The molecule has 0 fully saturated rings. The van der Waals surface area contributed by atoms with Crippen LogP contribution in [0.25, 0.3) is 0 Å². The summed E-state index contributed by atoms with van der Waals surface area (Å²) in [5.74, 6) is -0.195. The van der Waals surface area contributed by atoms with Crippen molar-refractivity contribution in [2.45, 2.75) is 25.6 Å². The average molecular weight is 231 g/mol. The van der Waals surface area contributed by atoms with Gasteiger partial charge < -0.3 is 5.73 Å². The summed E-state index contributed by atoms with van der Waals surface area (Å²) >= 11 is 0. The molecule has 0 spiro atoms. The first-order valence-electron chi connectivity index (χ1n) is 4.81. The number of nitrogens with two attached hydrogens (primary N) is 1. The molecule has 0 bridgehead atoms. The Labute approximate surface area is 91.3 Å². The lowest BCUT2D eigenvalue weighted by Crippen LogP contribution is -2.20. The molecule has 1 aromatic rings. The van der Waals surface area contributed by atoms with E-state index in [4.69, 9.17) is 5.73 Å². The summed E-state index contributed by atoms with van der Waals surface area (Å²) in [4.78, 5) is 11.2. The van der Waals surface area contributed by atoms with E-state index in [1.54, 1.807) is 6.92 Å². The summed E-state index contributed by atoms with van der Waals surface area (Å²) < 4.78 is 36.7. The van der Waals surface area contributed by atoms with Gasteiger partial charge in [0.2, 0.25) is 0 Å². The third kappa shape index (κ3) is 2.82. The molecule has 1 unspecified atom stereocenters. The van der Waals surface area contributed by atoms with Gasteiger partial charge in [-0.3, -0.25) is 4.79 Å². The van der Waals surface area contributed by atoms with Gasteiger partial charge in [0.05, 0.1) is 11.6 Å². The van der Waals surface area contributed by atoms with E-state index in [0.717, 1.165) is 12.1 Å². The lowest BCUT2D eigenvalue weighted by molar-refractivity contribution is -0.137. The molecule has 0 heterocycles. The van der Waals surface area contributed by atoms with Crippen LogP contribution in [0.2, 0.25) is 0 Å². The number of carbonyl (C=O) groups is 1. The molecule has 1 aromatic carbocycles. The number of ketones is 1. The Morgan fingerprint density at radius 2 is 1.81 bits per heavy atom. The lowest BCUT2D eigenvalue weighted by Gasteiger charge is -2.11. The van der Waals surface area contributed by atoms with Gasteiger partial charge in [0.1, 0.15) is 0 Å². The Morgan fingerprint density at radius 3 is 2.19 bits per heavy atom. The molecule has 0 aliphatic carbocycles. The minimum absolute atomic E-state index is 0.195. The highest BCUT2D eigenvalue weighted by Crippen LogP contribution is 2.29. The summed E-state index contributed by atoms with van der Waals surface area (Å²) in [6, 6.07) is 3.49. The van der Waals surface area contributed by atoms with Gasteiger partial charge in [0.25, 0.3) is 0 Å². The molecule has 88 valence electrons. The van der Waals surface area contributed by atoms with Gasteiger partial charge in [-0.2, -0.15) is 13.2 Å². The number of hydrogen-bond acceptors (Lipinski definition) is 2. The van der Waals surface area contributed by atoms with E-state index in [2.05, 4.69) is 0 Å². The smallest absolute Gasteiger partial charge is 0.318 e. The summed E-state index contributed by atoms with van der Waals surface area (Å²) in [6.45, 7) is 1.66. The Morgan fingerprint density at radius 1 is 1.31 bits per heavy atom. The van der Waals surface area contributed by atoms with Gasteiger partial charge in [-0.15, -0.1) is 0 Å². The van der Waals surface area contributed by atoms with Crippen molar-refractivity contribution in [1.82, 2.24) is 0 Å². The van der Waals surface area contributed by atoms with E-state index < -0.39 is 17.8 Å². The number of rotatable bonds is 3. The van der Waals surface area contributed by atoms with Gasteiger partial charge in [-0.1, -0.05) is 19.1 Å². The quantitative estimate of drug-likeness (QED) is 0.869. The Hall–Kier alpha value is -1.36. The zero-order chi connectivity index (χ0) is 12.3. The van der Waals surface area contributed by atoms with Crippen molar-refractivity contribution in [3.05, 3.63) is 35.4 Å². The minimum atomic E-state index is -4.36. The predicted octanol–water partition coefficient (Wildman–Crippen LogP) is 2.68. The van der Waals surface area contributed by atoms with Gasteiger partial charge in [0.15, 0.2) is 5.78 Å². The zero-order valence-corrected chi connectivity index (χ0v) is 8.71. The zero-order valence-electron chi connectivity index (χ0n) is 8.71. The lowest BCUT2D eigenvalue weighted by atomic mass is 10.0. The molecule has 16 heavy (non-hydrogen) atoms. The molecule has 0 saturated heterocycles. The molecule has 1 atom stereocenters. The molecule has 1 rings (SSSR count). The second-order valence-electron chi connectivity index (χ2n) is 3.42. The van der Waals surface area contributed by atoms with Crippen molar-refractivity contribution in [3.63, 3.8) is 0 Å². The number of halogens is 3. The molecule has 2 nitrogen and oxygen atoms in total. The highest BCUT2D eigenvalue weighted by molar-refractivity contribution is 5.84. The maximum absolute atomic E-state index is 12.2. The van der Waals surface area contributed by atoms with Crippen LogP contribution in [-0.2, 0) is 11.0 Å². The molecule has 5 heteroatoms. The van der Waals surface area contributed by atoms with Crippen LogP contribution in [0.15, 0.2) is 24.3 Å². The SMILES string of the molecule is CCC(=O)C(N)c1ccc(C(F)(F)F)cc1. The number of Topliss-reactive ketones (excluding diaryl/α,β-unsaturated/α-hetero) is 1. The third-order valence-corrected chi connectivity index (χ3v) is 2.29. The molecule has 0 radical (unpaired) electrons. The van der Waals surface area contributed by atoms with Gasteiger partial charge >= 0.3 is 6.18 Å². The standard InChI is InChI=1S/C11H12F3NO/c1-2-9(16)10(15)7-3-5-8(6-4-7)11(12,13)14/h3-6,10H,2,15H2,1H3. The largest absolute Gasteiger partial charge is 0.416 e. The second kappa shape index (κ2) is 4.65. The van der Waals surface area contributed by atoms with Gasteiger partial charge in [-0.25, -0.2) is 0 Å². The fraction of sp³-hybridized carbons (Fsp3) is 0.364. The van der Waals surface area contributed by atoms with Crippen LogP contribution >= 0.6 is 0 Å². The first-order valence-corrected chi connectivity index (χ1v) is 4.81. The van der Waals surface area contributed by atoms with Crippen molar-refractivity contribution >= 4 is 5.78 Å². The number of hydrogen-bond donors (Lipinski definition) is 1. The highest BCUT2D eigenvalue weighted by atomic mass is 19.4. The van der Waals surface area contributed by atoms with Crippen LogP contribution in [0, 0.1) is 0 Å². The number of alkyl halides is 3. The fourth-order valence-electron chi connectivity index (χ4n) is 1.29. The van der Waals surface area contributed by atoms with E-state index in [1.807, 2.05) is 0 Å². The van der Waals surface area contributed by atoms with Crippen LogP contribution in [0.5, 0.6) is 0 Å². The normalized spacial score (nSPS) is 13.6. The van der Waals surface area contributed by atoms with E-state index in [-0.39, 0.29) is 12.2 Å². The Bertz CT molecular complexity index is 370. The van der Waals surface area contributed by atoms with Crippen LogP contribution in [0.1, 0.15) is 30.5 Å². The molecule has 0 aromatic heterocycles. The van der Waals surface area contributed by atoms with Crippen LogP contribution in [0.4, 0.5) is 13.2 Å². The summed E-state index contributed by atoms with van der Waals surface area (Å²) in [5, 5.41) is 0. The fourth-order valence-corrected chi connectivity index (χ4v) is 1.29. The van der Waals surface area contributed by atoms with Gasteiger partial charge in [-0.05, 0) is 17.7 Å². The van der Waals surface area contributed by atoms with E-state index in [0.29, 0.717) is 5.56 Å². The van der Waals surface area contributed by atoms with E-state index in [1.165, 1.54) is 12.1 Å². The van der Waals surface area contributed by atoms with E-state index >= 15 is 0 Å². The summed E-state index contributed by atoms with van der Waals surface area (Å²) in [5.41, 5.74) is 5.24. The second-order valence-corrected chi connectivity index (χ2v) is 3.42. The van der Waals surface area contributed by atoms with Crippen molar-refractivity contribution in [3.8, 4) is 0 Å². The van der Waals surface area contributed by atoms with Crippen molar-refractivity contribution in [2.24, 2.45) is 5.73 Å². The van der Waals surface area contributed by atoms with Crippen LogP contribution in [0.3, 0.4) is 0 Å². The topological polar surface area (TPSA) is 43.1 Å². The number of carbonyl (C=O) groups excluding carboxylic acids is 1. The van der Waals surface area contributed by atoms with Crippen molar-refractivity contribution in [1.29, 1.82) is 0 Å². The third-order valence-electron chi connectivity index (χ3n) is 2.29. The minimum Gasteiger partial charge on any atom is -0.318 e. The van der Waals surface area contributed by atoms with E-state index in [9.17, 15) is 18.0 Å². The summed E-state index contributed by atoms with van der Waals surface area (Å²) in [6.07, 6.45) is -4.10. The maximum atomic E-state index is 12.2. The van der Waals surface area contributed by atoms with Crippen LogP contribution < -0.4 is 5.73 Å². The first kappa shape index (κ1) is 12.7. The number of benzene rings is 1. The van der Waals surface area contributed by atoms with Crippen molar-refractivity contribution in [2.75, 3.05) is 0 Å². The van der Waals surface area contributed by atoms with Crippen molar-refractivity contribution < 1.29 is 18.0 Å². The molecular weight excluding hydrogens is 219 g/mol. The monoisotopic (exact) mass is 231 g/mol. The average Bonchev–Trinajstić information content (AvgIpc) is 2.26. The first-order chi connectivity index (χ1) is 7.36. The molecule has 2 N–H and O–H groups in total. The summed E-state index contributed by atoms with van der Waals surface area (Å²) in [7, 11) is 0. The Balaban J connectivity index is 2.91. The Kier molecular flexibility index (Phi) is 3.70. The molecular formula is C11H12F3NO. The molecule has 0 amide bonds. The van der Waals surface area contributed by atoms with Gasteiger partial charge in [0, 0.05) is 6.42 Å². The highest BCUT2D eigenvalue weighted by Gasteiger charge is 2.30. The molecule has 0 aliphatic heterocycles.